The summed E-state index contributed by atoms with van der Waals surface area (Å²) in [6.07, 6.45) is 0. The van der Waals surface area contributed by atoms with E-state index in [4.69, 9.17) is 0 Å². The smallest absolute Gasteiger partial charge is 0.0106 e. The summed E-state index contributed by atoms with van der Waals surface area (Å²) in [6.45, 7) is 7.92. The van der Waals surface area contributed by atoms with Crippen molar-refractivity contribution in [2.75, 3.05) is 13.6 Å². The number of aryl methyl sites for hydroxylation is 1. The van der Waals surface area contributed by atoms with E-state index in [-0.39, 0.29) is 0 Å². The highest BCUT2D eigenvalue weighted by molar-refractivity contribution is 7.10. The maximum Gasteiger partial charge on any atom is 0.0106 e. The second-order valence-electron chi connectivity index (χ2n) is 3.79. The van der Waals surface area contributed by atoms with E-state index >= 15 is 0 Å². The molecule has 2 heteroatoms. The molecule has 1 aromatic heterocycles. The van der Waals surface area contributed by atoms with Gasteiger partial charge in [0.15, 0.2) is 0 Å². The molecule has 1 rings (SSSR count). The van der Waals surface area contributed by atoms with Gasteiger partial charge in [-0.2, -0.15) is 0 Å². The lowest BCUT2D eigenvalue weighted by atomic mass is 9.93. The third-order valence-corrected chi connectivity index (χ3v) is 3.91. The summed E-state index contributed by atoms with van der Waals surface area (Å²) in [7, 11) is 2.02. The molecule has 1 heterocycles. The first-order chi connectivity index (χ1) is 6.16. The van der Waals surface area contributed by atoms with Gasteiger partial charge in [0.05, 0.1) is 0 Å². The molecule has 0 fully saturated rings. The van der Waals surface area contributed by atoms with Crippen LogP contribution in [0.15, 0.2) is 11.4 Å². The van der Waals surface area contributed by atoms with Crippen LogP contribution in [0.5, 0.6) is 0 Å². The largest absolute Gasteiger partial charge is 0.319 e. The van der Waals surface area contributed by atoms with Crippen molar-refractivity contribution < 1.29 is 0 Å². The summed E-state index contributed by atoms with van der Waals surface area (Å²) in [6, 6.07) is 2.21. The molecule has 13 heavy (non-hydrogen) atoms. The molecule has 0 aromatic carbocycles. The molecule has 0 amide bonds. The van der Waals surface area contributed by atoms with E-state index in [2.05, 4.69) is 37.5 Å². The van der Waals surface area contributed by atoms with Crippen LogP contribution in [0.1, 0.15) is 30.2 Å². The van der Waals surface area contributed by atoms with E-state index < -0.39 is 0 Å². The maximum atomic E-state index is 3.23. The highest BCUT2D eigenvalue weighted by atomic mass is 32.1. The Labute approximate surface area is 85.2 Å². The quantitative estimate of drug-likeness (QED) is 0.782. The van der Waals surface area contributed by atoms with E-state index in [0.717, 1.165) is 6.54 Å². The molecule has 0 saturated carbocycles. The Morgan fingerprint density at radius 1 is 1.46 bits per heavy atom. The van der Waals surface area contributed by atoms with Crippen molar-refractivity contribution in [3.8, 4) is 0 Å². The number of rotatable bonds is 4. The van der Waals surface area contributed by atoms with Crippen LogP contribution >= 0.6 is 11.3 Å². The molecular weight excluding hydrogens is 178 g/mol. The Morgan fingerprint density at radius 3 is 2.62 bits per heavy atom. The zero-order valence-corrected chi connectivity index (χ0v) is 9.74. The van der Waals surface area contributed by atoms with Crippen LogP contribution in [-0.4, -0.2) is 13.6 Å². The average Bonchev–Trinajstić information content (AvgIpc) is 2.50. The molecule has 0 aliphatic heterocycles. The van der Waals surface area contributed by atoms with Crippen LogP contribution in [0, 0.1) is 12.8 Å². The van der Waals surface area contributed by atoms with Gasteiger partial charge in [0.25, 0.3) is 0 Å². The Kier molecular flexibility index (Phi) is 3.94. The minimum atomic E-state index is 0.674. The third-order valence-electron chi connectivity index (χ3n) is 2.69. The predicted molar refractivity (Wildman–Crippen MR) is 60.6 cm³/mol. The number of hydrogen-bond donors (Lipinski definition) is 1. The molecule has 0 spiro atoms. The lowest BCUT2D eigenvalue weighted by molar-refractivity contribution is 0.470. The van der Waals surface area contributed by atoms with Crippen LogP contribution in [0.3, 0.4) is 0 Å². The van der Waals surface area contributed by atoms with Gasteiger partial charge in [-0.1, -0.05) is 13.8 Å². The average molecular weight is 197 g/mol. The minimum Gasteiger partial charge on any atom is -0.319 e. The van der Waals surface area contributed by atoms with Gasteiger partial charge in [0, 0.05) is 4.88 Å². The van der Waals surface area contributed by atoms with Gasteiger partial charge < -0.3 is 5.32 Å². The van der Waals surface area contributed by atoms with Crippen molar-refractivity contribution >= 4 is 11.3 Å². The summed E-state index contributed by atoms with van der Waals surface area (Å²) in [5.74, 6) is 1.38. The normalized spacial score (nSPS) is 15.7. The van der Waals surface area contributed by atoms with Crippen LogP contribution in [0.2, 0.25) is 0 Å². The van der Waals surface area contributed by atoms with Crippen molar-refractivity contribution in [3.05, 3.63) is 21.9 Å². The SMILES string of the molecule is CNCC(C)C(C)c1sccc1C. The summed E-state index contributed by atoms with van der Waals surface area (Å²) in [5, 5.41) is 5.42. The second kappa shape index (κ2) is 4.77. The van der Waals surface area contributed by atoms with Crippen molar-refractivity contribution in [2.45, 2.75) is 26.7 Å². The lowest BCUT2D eigenvalue weighted by Crippen LogP contribution is -2.20. The maximum absolute atomic E-state index is 3.23. The van der Waals surface area contributed by atoms with Crippen LogP contribution < -0.4 is 5.32 Å². The fourth-order valence-corrected chi connectivity index (χ4v) is 2.73. The summed E-state index contributed by atoms with van der Waals surface area (Å²) >= 11 is 1.88. The molecule has 0 aliphatic rings. The molecule has 0 aliphatic carbocycles. The second-order valence-corrected chi connectivity index (χ2v) is 4.74. The molecule has 1 nitrogen and oxygen atoms in total. The third kappa shape index (κ3) is 2.55. The van der Waals surface area contributed by atoms with Crippen molar-refractivity contribution in [3.63, 3.8) is 0 Å². The van der Waals surface area contributed by atoms with E-state index in [1.54, 1.807) is 4.88 Å². The van der Waals surface area contributed by atoms with Crippen molar-refractivity contribution in [2.24, 2.45) is 5.92 Å². The fourth-order valence-electron chi connectivity index (χ4n) is 1.61. The number of nitrogens with one attached hydrogen (secondary N) is 1. The zero-order valence-electron chi connectivity index (χ0n) is 8.92. The van der Waals surface area contributed by atoms with Crippen LogP contribution in [-0.2, 0) is 0 Å². The van der Waals surface area contributed by atoms with E-state index in [9.17, 15) is 0 Å². The van der Waals surface area contributed by atoms with Gasteiger partial charge in [-0.25, -0.2) is 0 Å². The van der Waals surface area contributed by atoms with Gasteiger partial charge in [0.2, 0.25) is 0 Å². The zero-order chi connectivity index (χ0) is 9.84. The van der Waals surface area contributed by atoms with Crippen molar-refractivity contribution in [1.29, 1.82) is 0 Å². The Morgan fingerprint density at radius 2 is 2.15 bits per heavy atom. The molecular formula is C11H19NS. The monoisotopic (exact) mass is 197 g/mol. The Bertz CT molecular complexity index is 254. The number of thiophene rings is 1. The van der Waals surface area contributed by atoms with Gasteiger partial charge in [-0.15, -0.1) is 11.3 Å². The van der Waals surface area contributed by atoms with Gasteiger partial charge in [-0.3, -0.25) is 0 Å². The van der Waals surface area contributed by atoms with E-state index in [1.807, 2.05) is 18.4 Å². The molecule has 1 aromatic rings. The topological polar surface area (TPSA) is 12.0 Å². The first-order valence-corrected chi connectivity index (χ1v) is 5.73. The first kappa shape index (κ1) is 10.7. The summed E-state index contributed by atoms with van der Waals surface area (Å²) in [4.78, 5) is 1.54. The van der Waals surface area contributed by atoms with E-state index in [1.165, 1.54) is 5.56 Å². The first-order valence-electron chi connectivity index (χ1n) is 4.85. The standard InChI is InChI=1S/C11H19NS/c1-8-5-6-13-11(8)10(3)9(2)7-12-4/h5-6,9-10,12H,7H2,1-4H3. The molecule has 2 atom stereocenters. The lowest BCUT2D eigenvalue weighted by Gasteiger charge is -2.19. The fraction of sp³-hybridized carbons (Fsp3) is 0.636. The van der Waals surface area contributed by atoms with Gasteiger partial charge >= 0.3 is 0 Å². The van der Waals surface area contributed by atoms with Gasteiger partial charge in [0.1, 0.15) is 0 Å². The van der Waals surface area contributed by atoms with E-state index in [0.29, 0.717) is 11.8 Å². The molecule has 0 bridgehead atoms. The van der Waals surface area contributed by atoms with Crippen LogP contribution in [0.25, 0.3) is 0 Å². The molecule has 0 radical (unpaired) electrons. The molecule has 2 unspecified atom stereocenters. The molecule has 74 valence electrons. The summed E-state index contributed by atoms with van der Waals surface area (Å²) in [5.41, 5.74) is 1.44. The van der Waals surface area contributed by atoms with Gasteiger partial charge in [-0.05, 0) is 49.4 Å². The highest BCUT2D eigenvalue weighted by Gasteiger charge is 2.16. The highest BCUT2D eigenvalue weighted by Crippen LogP contribution is 2.30. The Hall–Kier alpha value is -0.340. The minimum absolute atomic E-state index is 0.674. The predicted octanol–water partition coefficient (Wildman–Crippen LogP) is 3.02. The molecule has 1 N–H and O–H groups in total. The van der Waals surface area contributed by atoms with Crippen molar-refractivity contribution in [1.82, 2.24) is 5.32 Å². The van der Waals surface area contributed by atoms with Crippen LogP contribution in [0.4, 0.5) is 0 Å². The molecule has 0 saturated heterocycles. The number of hydrogen-bond acceptors (Lipinski definition) is 2. The Balaban J connectivity index is 2.67. The summed E-state index contributed by atoms with van der Waals surface area (Å²) < 4.78 is 0.